The van der Waals surface area contributed by atoms with E-state index in [0.717, 1.165) is 6.07 Å². The van der Waals surface area contributed by atoms with Gasteiger partial charge in [-0.2, -0.15) is 13.2 Å². The van der Waals surface area contributed by atoms with Crippen molar-refractivity contribution in [1.29, 1.82) is 0 Å². The van der Waals surface area contributed by atoms with Crippen LogP contribution in [-0.4, -0.2) is 58.3 Å². The van der Waals surface area contributed by atoms with Gasteiger partial charge in [0.05, 0.1) is 16.5 Å². The molecule has 1 aliphatic rings. The van der Waals surface area contributed by atoms with Crippen molar-refractivity contribution >= 4 is 33.4 Å². The summed E-state index contributed by atoms with van der Waals surface area (Å²) >= 11 is 3.07. The molecule has 2 heterocycles. The Morgan fingerprint density at radius 1 is 1.00 bits per heavy atom. The van der Waals surface area contributed by atoms with Crippen LogP contribution in [0.25, 0.3) is 0 Å². The van der Waals surface area contributed by atoms with E-state index < -0.39 is 17.6 Å². The van der Waals surface area contributed by atoms with Gasteiger partial charge in [0.1, 0.15) is 5.69 Å². The van der Waals surface area contributed by atoms with Crippen LogP contribution < -0.4 is 4.90 Å². The van der Waals surface area contributed by atoms with E-state index in [1.807, 2.05) is 4.90 Å². The van der Waals surface area contributed by atoms with E-state index in [1.54, 1.807) is 12.1 Å². The molecular weight excluding hydrogens is 441 g/mol. The van der Waals surface area contributed by atoms with E-state index in [9.17, 15) is 22.8 Å². The van der Waals surface area contributed by atoms with Crippen molar-refractivity contribution in [3.8, 4) is 0 Å². The number of Topliss-reactive ketones (excluding diaryl/α,β-unsaturated/α-hetero) is 1. The van der Waals surface area contributed by atoms with Crippen LogP contribution in [0.1, 0.15) is 26.4 Å². The number of benzene rings is 1. The zero-order valence-corrected chi connectivity index (χ0v) is 16.2. The molecule has 0 saturated carbocycles. The van der Waals surface area contributed by atoms with Gasteiger partial charge in [-0.1, -0.05) is 28.1 Å². The number of alkyl halides is 4. The van der Waals surface area contributed by atoms with Crippen molar-refractivity contribution in [3.63, 3.8) is 0 Å². The summed E-state index contributed by atoms with van der Waals surface area (Å²) in [4.78, 5) is 27.4. The highest BCUT2D eigenvalue weighted by Gasteiger charge is 2.36. The average Bonchev–Trinajstić information content (AvgIpc) is 2.72. The zero-order valence-electron chi connectivity index (χ0n) is 14.6. The number of hydrogen-bond acceptors (Lipinski definition) is 5. The molecule has 0 unspecified atom stereocenters. The number of nitrogens with zero attached hydrogens (tertiary/aromatic N) is 4. The fraction of sp³-hybridized carbons (Fsp3) is 0.333. The Morgan fingerprint density at radius 3 is 2.25 bits per heavy atom. The van der Waals surface area contributed by atoms with E-state index >= 15 is 0 Å². The third kappa shape index (κ3) is 4.32. The zero-order chi connectivity index (χ0) is 20.3. The van der Waals surface area contributed by atoms with Crippen molar-refractivity contribution in [2.24, 2.45) is 0 Å². The molecule has 0 aliphatic carbocycles. The van der Waals surface area contributed by atoms with Crippen molar-refractivity contribution in [2.45, 2.75) is 6.18 Å². The Labute approximate surface area is 167 Å². The lowest BCUT2D eigenvalue weighted by Gasteiger charge is -2.35. The molecule has 28 heavy (non-hydrogen) atoms. The minimum Gasteiger partial charge on any atom is -0.352 e. The molecular formula is C18H16BrF3N4O2. The molecule has 10 heteroatoms. The SMILES string of the molecule is O=C(CBr)c1ccc(N2CCN(C(=O)c3ccccc3C(F)(F)F)CC2)nn1. The number of amides is 1. The molecule has 1 amide bonds. The maximum atomic E-state index is 13.2. The second-order valence-electron chi connectivity index (χ2n) is 6.16. The van der Waals surface area contributed by atoms with Gasteiger partial charge in [0.25, 0.3) is 5.91 Å². The third-order valence-electron chi connectivity index (χ3n) is 4.41. The molecule has 0 atom stereocenters. The highest BCUT2D eigenvalue weighted by molar-refractivity contribution is 9.09. The summed E-state index contributed by atoms with van der Waals surface area (Å²) < 4.78 is 39.5. The monoisotopic (exact) mass is 456 g/mol. The van der Waals surface area contributed by atoms with Crippen LogP contribution in [0.2, 0.25) is 0 Å². The van der Waals surface area contributed by atoms with E-state index in [-0.39, 0.29) is 35.5 Å². The minimum atomic E-state index is -4.59. The highest BCUT2D eigenvalue weighted by Crippen LogP contribution is 2.32. The van der Waals surface area contributed by atoms with Gasteiger partial charge in [0.2, 0.25) is 0 Å². The van der Waals surface area contributed by atoms with Gasteiger partial charge < -0.3 is 9.80 Å². The molecule has 0 spiro atoms. The van der Waals surface area contributed by atoms with Crippen LogP contribution in [0.5, 0.6) is 0 Å². The number of carbonyl (C=O) groups is 2. The Hall–Kier alpha value is -2.49. The van der Waals surface area contributed by atoms with Crippen molar-refractivity contribution < 1.29 is 22.8 Å². The largest absolute Gasteiger partial charge is 0.417 e. The van der Waals surface area contributed by atoms with Crippen LogP contribution in [0, 0.1) is 0 Å². The van der Waals surface area contributed by atoms with E-state index in [4.69, 9.17) is 0 Å². The number of halogens is 4. The molecule has 0 bridgehead atoms. The molecule has 0 radical (unpaired) electrons. The first-order valence-electron chi connectivity index (χ1n) is 8.44. The molecule has 1 aromatic heterocycles. The predicted octanol–water partition coefficient (Wildman–Crippen LogP) is 3.04. The molecule has 1 fully saturated rings. The normalized spacial score (nSPS) is 14.9. The Bertz CT molecular complexity index is 866. The number of aromatic nitrogens is 2. The topological polar surface area (TPSA) is 66.4 Å². The quantitative estimate of drug-likeness (QED) is 0.522. The smallest absolute Gasteiger partial charge is 0.352 e. The first-order chi connectivity index (χ1) is 13.3. The lowest BCUT2D eigenvalue weighted by Crippen LogP contribution is -2.49. The van der Waals surface area contributed by atoms with Gasteiger partial charge in [0, 0.05) is 26.2 Å². The Balaban J connectivity index is 1.67. The summed E-state index contributed by atoms with van der Waals surface area (Å²) in [7, 11) is 0. The van der Waals surface area contributed by atoms with Gasteiger partial charge in [-0.05, 0) is 24.3 Å². The van der Waals surface area contributed by atoms with Crippen LogP contribution in [-0.2, 0) is 6.18 Å². The number of anilines is 1. The first-order valence-corrected chi connectivity index (χ1v) is 9.56. The van der Waals surface area contributed by atoms with Gasteiger partial charge in [-0.25, -0.2) is 0 Å². The van der Waals surface area contributed by atoms with E-state index in [1.165, 1.54) is 23.1 Å². The van der Waals surface area contributed by atoms with Gasteiger partial charge >= 0.3 is 6.18 Å². The van der Waals surface area contributed by atoms with Crippen molar-refractivity contribution in [3.05, 3.63) is 53.2 Å². The number of hydrogen-bond donors (Lipinski definition) is 0. The predicted molar refractivity (Wildman–Crippen MR) is 99.7 cm³/mol. The first kappa shape index (κ1) is 20.2. The van der Waals surface area contributed by atoms with E-state index in [2.05, 4.69) is 26.1 Å². The number of ketones is 1. The molecule has 1 saturated heterocycles. The lowest BCUT2D eigenvalue weighted by molar-refractivity contribution is -0.138. The summed E-state index contributed by atoms with van der Waals surface area (Å²) in [5.74, 6) is -0.274. The summed E-state index contributed by atoms with van der Waals surface area (Å²) in [6.45, 7) is 1.32. The number of carbonyl (C=O) groups excluding carboxylic acids is 2. The summed E-state index contributed by atoms with van der Waals surface area (Å²) in [6.07, 6.45) is -4.59. The fourth-order valence-corrected chi connectivity index (χ4v) is 3.22. The molecule has 148 valence electrons. The lowest BCUT2D eigenvalue weighted by atomic mass is 10.1. The van der Waals surface area contributed by atoms with Crippen LogP contribution in [0.15, 0.2) is 36.4 Å². The minimum absolute atomic E-state index is 0.154. The third-order valence-corrected chi connectivity index (χ3v) is 4.92. The van der Waals surface area contributed by atoms with Gasteiger partial charge in [-0.3, -0.25) is 9.59 Å². The van der Waals surface area contributed by atoms with Crippen LogP contribution >= 0.6 is 15.9 Å². The average molecular weight is 457 g/mol. The number of piperazine rings is 1. The van der Waals surface area contributed by atoms with Crippen molar-refractivity contribution in [1.82, 2.24) is 15.1 Å². The van der Waals surface area contributed by atoms with Gasteiger partial charge in [0.15, 0.2) is 11.6 Å². The number of rotatable bonds is 4. The fourth-order valence-electron chi connectivity index (χ4n) is 2.94. The van der Waals surface area contributed by atoms with E-state index in [0.29, 0.717) is 18.9 Å². The Morgan fingerprint density at radius 2 is 1.68 bits per heavy atom. The summed E-state index contributed by atoms with van der Waals surface area (Å²) in [5, 5.41) is 8.07. The maximum Gasteiger partial charge on any atom is 0.417 e. The maximum absolute atomic E-state index is 13.2. The second kappa shape index (κ2) is 8.26. The van der Waals surface area contributed by atoms with Crippen molar-refractivity contribution in [2.75, 3.05) is 36.4 Å². The van der Waals surface area contributed by atoms with Gasteiger partial charge in [-0.15, -0.1) is 10.2 Å². The molecule has 6 nitrogen and oxygen atoms in total. The molecule has 0 N–H and O–H groups in total. The molecule has 1 aliphatic heterocycles. The molecule has 1 aromatic carbocycles. The van der Waals surface area contributed by atoms with Crippen LogP contribution in [0.3, 0.4) is 0 Å². The molecule has 2 aromatic rings. The second-order valence-corrected chi connectivity index (χ2v) is 6.72. The highest BCUT2D eigenvalue weighted by atomic mass is 79.9. The van der Waals surface area contributed by atoms with Crippen LogP contribution in [0.4, 0.5) is 19.0 Å². The summed E-state index contributed by atoms with van der Waals surface area (Å²) in [6, 6.07) is 8.03. The Kier molecular flexibility index (Phi) is 5.97. The standard InChI is InChI=1S/C18H16BrF3N4O2/c19-11-15(27)14-5-6-16(24-23-14)25-7-9-26(10-8-25)17(28)12-3-1-2-4-13(12)18(20,21)22/h1-6H,7-11H2. The summed E-state index contributed by atoms with van der Waals surface area (Å²) in [5.41, 5.74) is -1.03. The molecule has 3 rings (SSSR count).